The molecule has 2 aliphatic rings. The minimum absolute atomic E-state index is 0.0315. The predicted molar refractivity (Wildman–Crippen MR) is 126 cm³/mol. The number of anilines is 2. The van der Waals surface area contributed by atoms with Crippen molar-refractivity contribution < 1.29 is 32.3 Å². The van der Waals surface area contributed by atoms with Crippen LogP contribution in [0, 0.1) is 0 Å². The number of ether oxygens (including phenoxy) is 1. The molecule has 2 aromatic rings. The highest BCUT2D eigenvalue weighted by Crippen LogP contribution is 2.38. The molecule has 4 rings (SSSR count). The molecule has 2 aromatic carbocycles. The van der Waals surface area contributed by atoms with E-state index < -0.39 is 33.8 Å². The van der Waals surface area contributed by atoms with E-state index in [2.05, 4.69) is 5.32 Å². The van der Waals surface area contributed by atoms with Crippen LogP contribution in [0.4, 0.5) is 11.4 Å². The normalized spacial score (nSPS) is 18.1. The van der Waals surface area contributed by atoms with Crippen molar-refractivity contribution in [1.29, 1.82) is 0 Å². The summed E-state index contributed by atoms with van der Waals surface area (Å²) in [5, 5.41) is 2.58. The first-order valence-electron chi connectivity index (χ1n) is 11.2. The first-order chi connectivity index (χ1) is 16.6. The molecule has 2 fully saturated rings. The smallest absolute Gasteiger partial charge is 0.338 e. The Hall–Kier alpha value is -3.57. The van der Waals surface area contributed by atoms with Crippen LogP contribution < -0.4 is 10.2 Å². The molecule has 11 heteroatoms. The molecule has 0 bridgehead atoms. The lowest BCUT2D eigenvalue weighted by Crippen LogP contribution is -2.46. The second-order valence-corrected chi connectivity index (χ2v) is 10.2. The van der Waals surface area contributed by atoms with Gasteiger partial charge in [0.15, 0.2) is 0 Å². The van der Waals surface area contributed by atoms with E-state index in [0.29, 0.717) is 18.5 Å². The van der Waals surface area contributed by atoms with E-state index in [1.54, 1.807) is 6.92 Å². The summed E-state index contributed by atoms with van der Waals surface area (Å²) in [6.45, 7) is 3.25. The van der Waals surface area contributed by atoms with Gasteiger partial charge in [-0.05, 0) is 68.3 Å². The number of esters is 1. The van der Waals surface area contributed by atoms with Crippen LogP contribution in [0.15, 0.2) is 53.4 Å². The molecule has 1 aliphatic carbocycles. The van der Waals surface area contributed by atoms with Crippen molar-refractivity contribution in [3.63, 3.8) is 0 Å². The zero-order valence-electron chi connectivity index (χ0n) is 19.3. The fourth-order valence-electron chi connectivity index (χ4n) is 4.03. The Morgan fingerprint density at radius 2 is 1.69 bits per heavy atom. The molecule has 1 unspecified atom stereocenters. The maximum Gasteiger partial charge on any atom is 0.338 e. The van der Waals surface area contributed by atoms with Crippen LogP contribution in [-0.2, 0) is 29.1 Å². The molecular weight excluding hydrogens is 474 g/mol. The fourth-order valence-corrected chi connectivity index (χ4v) is 5.86. The molecule has 1 atom stereocenters. The number of rotatable bonds is 8. The highest BCUT2D eigenvalue weighted by molar-refractivity contribution is 7.89. The van der Waals surface area contributed by atoms with Crippen molar-refractivity contribution in [2.75, 3.05) is 16.8 Å². The van der Waals surface area contributed by atoms with E-state index in [1.807, 2.05) is 0 Å². The number of hydrogen-bond donors (Lipinski definition) is 1. The van der Waals surface area contributed by atoms with Crippen LogP contribution >= 0.6 is 0 Å². The van der Waals surface area contributed by atoms with Gasteiger partial charge in [-0.25, -0.2) is 18.1 Å². The van der Waals surface area contributed by atoms with Gasteiger partial charge in [-0.2, -0.15) is 4.31 Å². The maximum absolute atomic E-state index is 13.5. The lowest BCUT2D eigenvalue weighted by molar-refractivity contribution is -0.122. The highest BCUT2D eigenvalue weighted by atomic mass is 32.2. The molecule has 3 amide bonds. The van der Waals surface area contributed by atoms with Gasteiger partial charge in [-0.15, -0.1) is 0 Å². The summed E-state index contributed by atoms with van der Waals surface area (Å²) in [7, 11) is -4.09. The third-order valence-corrected chi connectivity index (χ3v) is 7.70. The first kappa shape index (κ1) is 24.6. The zero-order valence-corrected chi connectivity index (χ0v) is 20.1. The van der Waals surface area contributed by atoms with Gasteiger partial charge in [-0.3, -0.25) is 14.4 Å². The molecule has 0 spiro atoms. The van der Waals surface area contributed by atoms with Gasteiger partial charge in [-0.1, -0.05) is 0 Å². The number of imide groups is 1. The minimum Gasteiger partial charge on any atom is -0.462 e. The van der Waals surface area contributed by atoms with Crippen molar-refractivity contribution in [2.24, 2.45) is 0 Å². The van der Waals surface area contributed by atoms with E-state index >= 15 is 0 Å². The van der Waals surface area contributed by atoms with Crippen LogP contribution in [0.5, 0.6) is 0 Å². The van der Waals surface area contributed by atoms with Crippen molar-refractivity contribution in [1.82, 2.24) is 4.31 Å². The number of carbonyl (C=O) groups excluding carboxylic acids is 4. The molecule has 1 aliphatic heterocycles. The Bertz CT molecular complexity index is 1270. The van der Waals surface area contributed by atoms with Crippen LogP contribution in [0.1, 0.15) is 43.5 Å². The number of carbonyl (C=O) groups is 4. The van der Waals surface area contributed by atoms with Gasteiger partial charge in [0.2, 0.25) is 21.8 Å². The Balaban J connectivity index is 1.59. The standard InChI is InChI=1S/C24H25N3O7S/c1-3-34-24(31)16-4-8-18(9-5-16)26-22(29)14-21(23(26)30)27(19-10-11-19)35(32,33)20-12-6-17(7-13-20)25-15(2)28/h4-9,12-13,19,21H,3,10-11,14H2,1-2H3,(H,25,28). The van der Waals surface area contributed by atoms with Crippen LogP contribution in [0.25, 0.3) is 0 Å². The molecule has 1 saturated carbocycles. The van der Waals surface area contributed by atoms with E-state index in [0.717, 1.165) is 9.21 Å². The van der Waals surface area contributed by atoms with Gasteiger partial charge >= 0.3 is 5.97 Å². The Kier molecular flexibility index (Phi) is 6.73. The lowest BCUT2D eigenvalue weighted by atomic mass is 10.2. The zero-order chi connectivity index (χ0) is 25.3. The van der Waals surface area contributed by atoms with Gasteiger partial charge in [0.1, 0.15) is 6.04 Å². The van der Waals surface area contributed by atoms with E-state index in [9.17, 15) is 27.6 Å². The van der Waals surface area contributed by atoms with Gasteiger partial charge in [0.25, 0.3) is 5.91 Å². The van der Waals surface area contributed by atoms with Crippen LogP contribution in [-0.4, -0.2) is 55.1 Å². The molecule has 10 nitrogen and oxygen atoms in total. The summed E-state index contributed by atoms with van der Waals surface area (Å²) < 4.78 is 33.1. The summed E-state index contributed by atoms with van der Waals surface area (Å²) in [5.74, 6) is -1.97. The topological polar surface area (TPSA) is 130 Å². The van der Waals surface area contributed by atoms with Crippen molar-refractivity contribution >= 4 is 45.1 Å². The Morgan fingerprint density at radius 1 is 1.06 bits per heavy atom. The summed E-state index contributed by atoms with van der Waals surface area (Å²) >= 11 is 0. The number of nitrogens with one attached hydrogen (secondary N) is 1. The predicted octanol–water partition coefficient (Wildman–Crippen LogP) is 2.31. The SMILES string of the molecule is CCOC(=O)c1ccc(N2C(=O)CC(N(C3CC3)S(=O)(=O)c3ccc(NC(C)=O)cc3)C2=O)cc1. The average molecular weight is 500 g/mol. The summed E-state index contributed by atoms with van der Waals surface area (Å²) in [6.07, 6.45) is 0.906. The fraction of sp³-hybridized carbons (Fsp3) is 0.333. The third kappa shape index (κ3) is 4.96. The molecule has 1 saturated heterocycles. The molecule has 1 N–H and O–H groups in total. The number of amides is 3. The van der Waals surface area contributed by atoms with Crippen LogP contribution in [0.2, 0.25) is 0 Å². The number of benzene rings is 2. The van der Waals surface area contributed by atoms with E-state index in [4.69, 9.17) is 4.74 Å². The molecule has 35 heavy (non-hydrogen) atoms. The number of hydrogen-bond acceptors (Lipinski definition) is 7. The van der Waals surface area contributed by atoms with Gasteiger partial charge in [0, 0.05) is 18.7 Å². The molecular formula is C24H25N3O7S. The Labute approximate surface area is 202 Å². The average Bonchev–Trinajstić information content (AvgIpc) is 3.59. The van der Waals surface area contributed by atoms with Gasteiger partial charge < -0.3 is 10.1 Å². The molecule has 1 heterocycles. The van der Waals surface area contributed by atoms with Crippen molar-refractivity contribution in [2.45, 2.75) is 50.1 Å². The summed E-state index contributed by atoms with van der Waals surface area (Å²) in [5.41, 5.74) is 0.971. The summed E-state index contributed by atoms with van der Waals surface area (Å²) in [4.78, 5) is 50.2. The number of nitrogens with zero attached hydrogens (tertiary/aromatic N) is 2. The monoisotopic (exact) mass is 499 g/mol. The Morgan fingerprint density at radius 3 is 2.23 bits per heavy atom. The number of sulfonamides is 1. The minimum atomic E-state index is -4.09. The largest absolute Gasteiger partial charge is 0.462 e. The highest BCUT2D eigenvalue weighted by Gasteiger charge is 2.51. The first-order valence-corrected chi connectivity index (χ1v) is 12.6. The van der Waals surface area contributed by atoms with Gasteiger partial charge in [0.05, 0.1) is 29.2 Å². The second-order valence-electron chi connectivity index (χ2n) is 8.33. The van der Waals surface area contributed by atoms with Crippen molar-refractivity contribution in [3.05, 3.63) is 54.1 Å². The van der Waals surface area contributed by atoms with E-state index in [-0.39, 0.29) is 41.1 Å². The molecule has 0 radical (unpaired) electrons. The molecule has 0 aromatic heterocycles. The second kappa shape index (κ2) is 9.59. The maximum atomic E-state index is 13.5. The van der Waals surface area contributed by atoms with Crippen molar-refractivity contribution in [3.8, 4) is 0 Å². The summed E-state index contributed by atoms with van der Waals surface area (Å²) in [6, 6.07) is 9.95. The lowest BCUT2D eigenvalue weighted by Gasteiger charge is -2.27. The third-order valence-electron chi connectivity index (χ3n) is 5.72. The van der Waals surface area contributed by atoms with E-state index in [1.165, 1.54) is 55.5 Å². The molecule has 184 valence electrons. The van der Waals surface area contributed by atoms with Crippen LogP contribution in [0.3, 0.4) is 0 Å². The quantitative estimate of drug-likeness (QED) is 0.436.